The Labute approximate surface area is 173 Å². The van der Waals surface area contributed by atoms with Crippen molar-refractivity contribution < 1.29 is 14.3 Å². The lowest BCUT2D eigenvalue weighted by Gasteiger charge is -2.28. The Balaban J connectivity index is 1.52. The molecule has 6 heteroatoms. The van der Waals surface area contributed by atoms with Crippen LogP contribution in [0.2, 0.25) is 0 Å². The molecule has 0 bridgehead atoms. The summed E-state index contributed by atoms with van der Waals surface area (Å²) in [4.78, 5) is 29.4. The summed E-state index contributed by atoms with van der Waals surface area (Å²) in [5.74, 6) is 0.694. The molecule has 2 amide bonds. The van der Waals surface area contributed by atoms with Crippen molar-refractivity contribution in [2.24, 2.45) is 11.8 Å². The molecule has 0 aromatic heterocycles. The quantitative estimate of drug-likeness (QED) is 0.728. The number of amides is 2. The summed E-state index contributed by atoms with van der Waals surface area (Å²) in [6.07, 6.45) is 7.34. The minimum atomic E-state index is 0.116. The SMILES string of the molecule is CN(C)c1ccc(NC(=O)C2CCC2)cc1CN(C[C@@H]1CCCO1)C(=O)C1CC1. The van der Waals surface area contributed by atoms with Crippen molar-refractivity contribution in [3.63, 3.8) is 0 Å². The minimum absolute atomic E-state index is 0.116. The number of ether oxygens (including phenoxy) is 1. The van der Waals surface area contributed by atoms with Crippen LogP contribution < -0.4 is 10.2 Å². The summed E-state index contributed by atoms with van der Waals surface area (Å²) in [7, 11) is 4.02. The van der Waals surface area contributed by atoms with Gasteiger partial charge in [-0.1, -0.05) is 6.42 Å². The molecule has 6 nitrogen and oxygen atoms in total. The van der Waals surface area contributed by atoms with Gasteiger partial charge in [-0.15, -0.1) is 0 Å². The number of anilines is 2. The highest BCUT2D eigenvalue weighted by Crippen LogP contribution is 2.34. The third-order valence-electron chi connectivity index (χ3n) is 6.35. The molecule has 0 unspecified atom stereocenters. The third kappa shape index (κ3) is 4.92. The Morgan fingerprint density at radius 2 is 1.86 bits per heavy atom. The summed E-state index contributed by atoms with van der Waals surface area (Å²) in [5.41, 5.74) is 2.96. The van der Waals surface area contributed by atoms with Gasteiger partial charge in [-0.2, -0.15) is 0 Å². The van der Waals surface area contributed by atoms with E-state index in [-0.39, 0.29) is 29.8 Å². The number of hydrogen-bond donors (Lipinski definition) is 1. The van der Waals surface area contributed by atoms with Crippen molar-refractivity contribution in [2.75, 3.05) is 37.5 Å². The average molecular weight is 400 g/mol. The zero-order valence-electron chi connectivity index (χ0n) is 17.7. The molecule has 1 saturated heterocycles. The number of carbonyl (C=O) groups is 2. The zero-order chi connectivity index (χ0) is 20.4. The molecule has 2 saturated carbocycles. The van der Waals surface area contributed by atoms with Crippen LogP contribution in [0.4, 0.5) is 11.4 Å². The zero-order valence-corrected chi connectivity index (χ0v) is 17.7. The maximum absolute atomic E-state index is 13.0. The van der Waals surface area contributed by atoms with Crippen molar-refractivity contribution in [3.8, 4) is 0 Å². The highest BCUT2D eigenvalue weighted by atomic mass is 16.5. The molecular formula is C23H33N3O3. The summed E-state index contributed by atoms with van der Waals surface area (Å²) in [6, 6.07) is 6.04. The van der Waals surface area contributed by atoms with E-state index in [4.69, 9.17) is 4.74 Å². The molecule has 1 aromatic rings. The van der Waals surface area contributed by atoms with Crippen LogP contribution in [0.5, 0.6) is 0 Å². The Hall–Kier alpha value is -2.08. The molecule has 3 aliphatic rings. The molecule has 1 atom stereocenters. The minimum Gasteiger partial charge on any atom is -0.377 e. The lowest BCUT2D eigenvalue weighted by atomic mass is 9.85. The lowest BCUT2D eigenvalue weighted by molar-refractivity contribution is -0.134. The van der Waals surface area contributed by atoms with Crippen LogP contribution in [0.3, 0.4) is 0 Å². The van der Waals surface area contributed by atoms with E-state index >= 15 is 0 Å². The molecule has 1 heterocycles. The predicted octanol–water partition coefficient (Wildman–Crippen LogP) is 3.41. The number of carbonyl (C=O) groups excluding carboxylic acids is 2. The van der Waals surface area contributed by atoms with Gasteiger partial charge in [-0.3, -0.25) is 9.59 Å². The fraction of sp³-hybridized carbons (Fsp3) is 0.652. The highest BCUT2D eigenvalue weighted by Gasteiger charge is 2.35. The van der Waals surface area contributed by atoms with Crippen LogP contribution in [0.1, 0.15) is 50.5 Å². The Morgan fingerprint density at radius 1 is 1.07 bits per heavy atom. The van der Waals surface area contributed by atoms with E-state index in [1.807, 2.05) is 37.2 Å². The third-order valence-corrected chi connectivity index (χ3v) is 6.35. The second kappa shape index (κ2) is 8.74. The molecular weight excluding hydrogens is 366 g/mol. The topological polar surface area (TPSA) is 61.9 Å². The molecule has 1 aliphatic heterocycles. The molecule has 0 spiro atoms. The Morgan fingerprint density at radius 3 is 2.45 bits per heavy atom. The largest absolute Gasteiger partial charge is 0.377 e. The van der Waals surface area contributed by atoms with E-state index in [2.05, 4.69) is 10.2 Å². The van der Waals surface area contributed by atoms with Crippen LogP contribution in [0, 0.1) is 11.8 Å². The molecule has 4 rings (SSSR count). The van der Waals surface area contributed by atoms with Gasteiger partial charge >= 0.3 is 0 Å². The summed E-state index contributed by atoms with van der Waals surface area (Å²) in [5, 5.41) is 3.08. The van der Waals surface area contributed by atoms with Gasteiger partial charge in [0, 0.05) is 57.0 Å². The number of benzene rings is 1. The van der Waals surface area contributed by atoms with Crippen LogP contribution in [0.15, 0.2) is 18.2 Å². The normalized spacial score (nSPS) is 21.5. The first-order valence-electron chi connectivity index (χ1n) is 11.0. The monoisotopic (exact) mass is 399 g/mol. The summed E-state index contributed by atoms with van der Waals surface area (Å²) < 4.78 is 5.81. The number of nitrogens with zero attached hydrogens (tertiary/aromatic N) is 2. The van der Waals surface area contributed by atoms with Gasteiger partial charge in [-0.05, 0) is 62.3 Å². The van der Waals surface area contributed by atoms with Crippen LogP contribution in [-0.2, 0) is 20.9 Å². The van der Waals surface area contributed by atoms with Gasteiger partial charge in [-0.25, -0.2) is 0 Å². The van der Waals surface area contributed by atoms with Gasteiger partial charge in [0.15, 0.2) is 0 Å². The van der Waals surface area contributed by atoms with Crippen molar-refractivity contribution in [1.82, 2.24) is 4.90 Å². The van der Waals surface area contributed by atoms with Gasteiger partial charge in [0.25, 0.3) is 0 Å². The van der Waals surface area contributed by atoms with Crippen molar-refractivity contribution in [2.45, 2.75) is 57.6 Å². The number of nitrogens with one attached hydrogen (secondary N) is 1. The second-order valence-electron chi connectivity index (χ2n) is 8.98. The predicted molar refractivity (Wildman–Crippen MR) is 114 cm³/mol. The molecule has 2 aliphatic carbocycles. The first-order valence-corrected chi connectivity index (χ1v) is 11.0. The Bertz CT molecular complexity index is 750. The molecule has 0 radical (unpaired) electrons. The summed E-state index contributed by atoms with van der Waals surface area (Å²) in [6.45, 7) is 2.00. The maximum Gasteiger partial charge on any atom is 0.227 e. The molecule has 3 fully saturated rings. The van der Waals surface area contributed by atoms with E-state index < -0.39 is 0 Å². The number of rotatable bonds is 8. The van der Waals surface area contributed by atoms with Crippen LogP contribution in [-0.4, -0.2) is 50.1 Å². The van der Waals surface area contributed by atoms with Crippen molar-refractivity contribution in [3.05, 3.63) is 23.8 Å². The fourth-order valence-electron chi connectivity index (χ4n) is 4.20. The molecule has 29 heavy (non-hydrogen) atoms. The fourth-order valence-corrected chi connectivity index (χ4v) is 4.20. The molecule has 1 aromatic carbocycles. The molecule has 158 valence electrons. The van der Waals surface area contributed by atoms with E-state index in [1.165, 1.54) is 0 Å². The van der Waals surface area contributed by atoms with Gasteiger partial charge in [0.05, 0.1) is 6.10 Å². The highest BCUT2D eigenvalue weighted by molar-refractivity contribution is 5.93. The van der Waals surface area contributed by atoms with Crippen molar-refractivity contribution >= 4 is 23.2 Å². The summed E-state index contributed by atoms with van der Waals surface area (Å²) >= 11 is 0. The van der Waals surface area contributed by atoms with E-state index in [1.54, 1.807) is 0 Å². The standard InChI is InChI=1S/C23H33N3O3/c1-25(2)21-11-10-19(24-22(27)16-5-3-6-16)13-18(21)14-26(23(28)17-8-9-17)15-20-7-4-12-29-20/h10-11,13,16-17,20H,3-9,12,14-15H2,1-2H3,(H,24,27)/t20-/m0/s1. The van der Waals surface area contributed by atoms with E-state index in [0.717, 1.165) is 68.5 Å². The Kier molecular flexibility index (Phi) is 6.09. The van der Waals surface area contributed by atoms with Crippen LogP contribution in [0.25, 0.3) is 0 Å². The first kappa shape index (κ1) is 20.2. The van der Waals surface area contributed by atoms with Gasteiger partial charge in [0.1, 0.15) is 0 Å². The van der Waals surface area contributed by atoms with Crippen molar-refractivity contribution in [1.29, 1.82) is 0 Å². The van der Waals surface area contributed by atoms with Gasteiger partial charge in [0.2, 0.25) is 11.8 Å². The maximum atomic E-state index is 13.0. The van der Waals surface area contributed by atoms with Crippen LogP contribution >= 0.6 is 0 Å². The smallest absolute Gasteiger partial charge is 0.227 e. The first-order chi connectivity index (χ1) is 14.0. The molecule has 1 N–H and O–H groups in total. The lowest BCUT2D eigenvalue weighted by Crippen LogP contribution is -2.38. The van der Waals surface area contributed by atoms with E-state index in [0.29, 0.717) is 13.1 Å². The average Bonchev–Trinajstić information content (AvgIpc) is 3.36. The van der Waals surface area contributed by atoms with E-state index in [9.17, 15) is 9.59 Å². The second-order valence-corrected chi connectivity index (χ2v) is 8.98. The number of hydrogen-bond acceptors (Lipinski definition) is 4. The van der Waals surface area contributed by atoms with Gasteiger partial charge < -0.3 is 19.9 Å².